The number of carbonyl (C=O) groups excluding carboxylic acids is 6. The number of hydrogen-bond donors (Lipinski definition) is 1. The molecule has 3 rings (SSSR count). The van der Waals surface area contributed by atoms with Crippen LogP contribution < -0.4 is 5.32 Å². The molecule has 17 heteroatoms. The van der Waals surface area contributed by atoms with Crippen LogP contribution in [0.4, 0.5) is 15.3 Å². The Bertz CT molecular complexity index is 1350. The molecule has 1 unspecified atom stereocenters. The number of carbonyl (C=O) groups is 6. The molecule has 1 aromatic rings. The van der Waals surface area contributed by atoms with E-state index in [1.54, 1.807) is 0 Å². The number of esters is 1. The molecule has 2 heterocycles. The van der Waals surface area contributed by atoms with E-state index in [2.05, 4.69) is 18.5 Å². The average molecular weight is 664 g/mol. The Labute approximate surface area is 267 Å². The molecule has 5 atom stereocenters. The van der Waals surface area contributed by atoms with Crippen molar-refractivity contribution in [2.24, 2.45) is 5.92 Å². The molecule has 0 saturated carbocycles. The van der Waals surface area contributed by atoms with E-state index in [0.717, 1.165) is 0 Å². The van der Waals surface area contributed by atoms with Crippen molar-refractivity contribution in [1.82, 2.24) is 10.2 Å². The Morgan fingerprint density at radius 3 is 2.46 bits per heavy atom. The number of nitro groups is 1. The SMILES string of the molecule is C=CCOC(=O)O[C@H](C)[C@H]1C(=O)N(C(=O)C(=O)OCC=C)[C@@H]1[C@H]1OCCC(SCCNC(=O)OCc2ccc([N+](=O)[O-])cc2)C1=O. The van der Waals surface area contributed by atoms with Crippen molar-refractivity contribution in [1.29, 1.82) is 0 Å². The average Bonchev–Trinajstić information content (AvgIpc) is 3.03. The second-order valence-electron chi connectivity index (χ2n) is 9.86. The zero-order valence-electron chi connectivity index (χ0n) is 24.8. The van der Waals surface area contributed by atoms with Crippen LogP contribution in [0.1, 0.15) is 18.9 Å². The van der Waals surface area contributed by atoms with Gasteiger partial charge in [-0.2, -0.15) is 0 Å². The number of ketones is 1. The number of imide groups is 1. The van der Waals surface area contributed by atoms with Crippen LogP contribution in [0.5, 0.6) is 0 Å². The lowest BCUT2D eigenvalue weighted by Gasteiger charge is -2.50. The van der Waals surface area contributed by atoms with E-state index in [1.807, 2.05) is 0 Å². The van der Waals surface area contributed by atoms with Crippen LogP contribution in [-0.2, 0) is 49.5 Å². The molecule has 2 aliphatic heterocycles. The van der Waals surface area contributed by atoms with Gasteiger partial charge in [0, 0.05) is 31.0 Å². The first kappa shape index (κ1) is 35.7. The van der Waals surface area contributed by atoms with E-state index in [0.29, 0.717) is 16.9 Å². The fourth-order valence-electron chi connectivity index (χ4n) is 4.66. The molecule has 0 spiro atoms. The van der Waals surface area contributed by atoms with Gasteiger partial charge >= 0.3 is 24.1 Å². The highest BCUT2D eigenvalue weighted by Crippen LogP contribution is 2.38. The van der Waals surface area contributed by atoms with Crippen molar-refractivity contribution in [3.63, 3.8) is 0 Å². The maximum Gasteiger partial charge on any atom is 0.508 e. The highest BCUT2D eigenvalue weighted by atomic mass is 32.2. The molecule has 2 saturated heterocycles. The third-order valence-electron chi connectivity index (χ3n) is 6.81. The molecule has 16 nitrogen and oxygen atoms in total. The summed E-state index contributed by atoms with van der Waals surface area (Å²) in [6.45, 7) is 7.86. The van der Waals surface area contributed by atoms with Gasteiger partial charge in [0.1, 0.15) is 32.0 Å². The maximum atomic E-state index is 13.5. The smallest absolute Gasteiger partial charge is 0.454 e. The van der Waals surface area contributed by atoms with Gasteiger partial charge in [-0.1, -0.05) is 25.3 Å². The van der Waals surface area contributed by atoms with E-state index in [4.69, 9.17) is 23.7 Å². The summed E-state index contributed by atoms with van der Waals surface area (Å²) in [5.41, 5.74) is 0.461. The van der Waals surface area contributed by atoms with E-state index in [9.17, 15) is 38.9 Å². The summed E-state index contributed by atoms with van der Waals surface area (Å²) in [5, 5.41) is 12.7. The van der Waals surface area contributed by atoms with Crippen molar-refractivity contribution in [2.75, 3.05) is 32.1 Å². The molecule has 1 aromatic carbocycles. The second kappa shape index (κ2) is 17.1. The lowest BCUT2D eigenvalue weighted by molar-refractivity contribution is -0.384. The minimum Gasteiger partial charge on any atom is -0.454 e. The van der Waals surface area contributed by atoms with Gasteiger partial charge in [-0.25, -0.2) is 14.4 Å². The molecule has 0 aliphatic carbocycles. The van der Waals surface area contributed by atoms with Crippen molar-refractivity contribution < 1.29 is 57.4 Å². The minimum atomic E-state index is -1.34. The van der Waals surface area contributed by atoms with Crippen LogP contribution in [0, 0.1) is 16.0 Å². The van der Waals surface area contributed by atoms with Crippen LogP contribution in [0.3, 0.4) is 0 Å². The van der Waals surface area contributed by atoms with Crippen LogP contribution in [-0.4, -0.2) is 101 Å². The summed E-state index contributed by atoms with van der Waals surface area (Å²) in [5.74, 6) is -4.89. The third-order valence-corrected chi connectivity index (χ3v) is 8.12. The Morgan fingerprint density at radius 2 is 1.80 bits per heavy atom. The summed E-state index contributed by atoms with van der Waals surface area (Å²) in [4.78, 5) is 86.7. The van der Waals surface area contributed by atoms with Gasteiger partial charge < -0.3 is 29.0 Å². The number of likely N-dealkylation sites (tertiary alicyclic amines) is 1. The number of ether oxygens (including phenoxy) is 5. The lowest BCUT2D eigenvalue weighted by Crippen LogP contribution is -2.73. The number of thioether (sulfide) groups is 1. The Morgan fingerprint density at radius 1 is 1.13 bits per heavy atom. The molecule has 1 N–H and O–H groups in total. The number of β-lactam (4-membered cyclic amide) rings is 1. The molecular formula is C29H33N3O13S. The topological polar surface area (TPSA) is 207 Å². The van der Waals surface area contributed by atoms with E-state index in [-0.39, 0.29) is 44.4 Å². The van der Waals surface area contributed by atoms with Gasteiger partial charge in [-0.15, -0.1) is 11.8 Å². The number of benzene rings is 1. The highest BCUT2D eigenvalue weighted by molar-refractivity contribution is 8.00. The van der Waals surface area contributed by atoms with Gasteiger partial charge in [0.25, 0.3) is 5.69 Å². The van der Waals surface area contributed by atoms with Crippen molar-refractivity contribution in [2.45, 2.75) is 43.5 Å². The first-order valence-corrected chi connectivity index (χ1v) is 15.0. The Balaban J connectivity index is 1.59. The Kier molecular flexibility index (Phi) is 13.2. The number of nitro benzene ring substituents is 1. The number of Topliss-reactive ketones (excluding diaryl/α,β-unsaturated/α-hetero) is 1. The molecule has 248 valence electrons. The molecule has 0 radical (unpaired) electrons. The second-order valence-corrected chi connectivity index (χ2v) is 11.2. The van der Waals surface area contributed by atoms with Gasteiger partial charge in [-0.3, -0.25) is 29.4 Å². The minimum absolute atomic E-state index is 0.0791. The zero-order valence-corrected chi connectivity index (χ0v) is 25.6. The first-order chi connectivity index (χ1) is 22.0. The fraction of sp³-hybridized carbons (Fsp3) is 0.448. The van der Waals surface area contributed by atoms with Gasteiger partial charge in [0.05, 0.1) is 22.1 Å². The number of nitrogens with one attached hydrogen (secondary N) is 1. The highest BCUT2D eigenvalue weighted by Gasteiger charge is 2.61. The molecule has 46 heavy (non-hydrogen) atoms. The van der Waals surface area contributed by atoms with Gasteiger partial charge in [0.15, 0.2) is 5.78 Å². The summed E-state index contributed by atoms with van der Waals surface area (Å²) < 4.78 is 25.6. The zero-order chi connectivity index (χ0) is 33.8. The quantitative estimate of drug-likeness (QED) is 0.0442. The van der Waals surface area contributed by atoms with E-state index in [1.165, 1.54) is 55.1 Å². The lowest BCUT2D eigenvalue weighted by atomic mass is 9.77. The standard InChI is InChI=1S/C29H33N3O13S/c1-4-12-42-27(36)26(35)31-22(21(25(31)34)17(3)45-29(38)43-13-5-2)24-23(33)20(10-14-41-24)46-15-11-30-28(37)44-16-18-6-8-19(9-7-18)32(39)40/h4-9,17,20-22,24H,1-2,10-16H2,3H3,(H,30,37)/t17-,20?,21-,22+,24-/m1/s1. The number of rotatable bonds is 14. The largest absolute Gasteiger partial charge is 0.508 e. The van der Waals surface area contributed by atoms with Crippen LogP contribution in [0.25, 0.3) is 0 Å². The normalized spacial score (nSPS) is 21.2. The molecule has 0 aromatic heterocycles. The molecule has 3 amide bonds. The predicted octanol–water partition coefficient (Wildman–Crippen LogP) is 2.09. The number of non-ortho nitro benzene ring substituents is 1. The maximum absolute atomic E-state index is 13.5. The van der Waals surface area contributed by atoms with Gasteiger partial charge in [-0.05, 0) is 31.0 Å². The van der Waals surface area contributed by atoms with Crippen LogP contribution >= 0.6 is 11.8 Å². The number of hydrogen-bond acceptors (Lipinski definition) is 14. The van der Waals surface area contributed by atoms with Crippen molar-refractivity contribution in [3.05, 3.63) is 65.3 Å². The summed E-state index contributed by atoms with van der Waals surface area (Å²) in [6, 6.07) is 4.25. The van der Waals surface area contributed by atoms with E-state index >= 15 is 0 Å². The fourth-order valence-corrected chi connectivity index (χ4v) is 5.73. The van der Waals surface area contributed by atoms with Crippen LogP contribution in [0.2, 0.25) is 0 Å². The Hall–Kier alpha value is -4.77. The first-order valence-electron chi connectivity index (χ1n) is 14.0. The predicted molar refractivity (Wildman–Crippen MR) is 159 cm³/mol. The number of alkyl carbamates (subject to hydrolysis) is 1. The molecule has 2 aliphatic rings. The van der Waals surface area contributed by atoms with Crippen molar-refractivity contribution in [3.8, 4) is 0 Å². The number of amides is 3. The molecular weight excluding hydrogens is 630 g/mol. The summed E-state index contributed by atoms with van der Waals surface area (Å²) in [7, 11) is 0. The summed E-state index contributed by atoms with van der Waals surface area (Å²) in [6.07, 6.45) is -1.48. The molecule has 2 fully saturated rings. The number of nitrogens with zero attached hydrogens (tertiary/aromatic N) is 2. The van der Waals surface area contributed by atoms with Gasteiger partial charge in [0.2, 0.25) is 5.91 Å². The van der Waals surface area contributed by atoms with Crippen LogP contribution in [0.15, 0.2) is 49.6 Å². The summed E-state index contributed by atoms with van der Waals surface area (Å²) >= 11 is 1.21. The van der Waals surface area contributed by atoms with E-state index < -0.39 is 70.2 Å². The monoisotopic (exact) mass is 663 g/mol. The third kappa shape index (κ3) is 9.13. The molecule has 0 bridgehead atoms. The van der Waals surface area contributed by atoms with Crippen molar-refractivity contribution >= 4 is 53.3 Å².